The predicted octanol–water partition coefficient (Wildman–Crippen LogP) is 0.592. The van der Waals surface area contributed by atoms with Crippen LogP contribution in [0.25, 0.3) is 0 Å². The van der Waals surface area contributed by atoms with Gasteiger partial charge in [-0.3, -0.25) is 0 Å². The highest BCUT2D eigenvalue weighted by atomic mass is 16.3. The first-order chi connectivity index (χ1) is 3.66. The lowest BCUT2D eigenvalue weighted by Gasteiger charge is -2.03. The van der Waals surface area contributed by atoms with E-state index >= 15 is 0 Å². The maximum atomic E-state index is 9.79. The van der Waals surface area contributed by atoms with E-state index in [9.17, 15) is 4.79 Å². The Hall–Kier alpha value is -0.370. The summed E-state index contributed by atoms with van der Waals surface area (Å²) in [6.07, 6.45) is 0.388. The first-order valence-electron chi connectivity index (χ1n) is 2.80. The molecule has 0 aliphatic carbocycles. The number of aldehydes is 1. The molecule has 0 bridgehead atoms. The van der Waals surface area contributed by atoms with Gasteiger partial charge in [-0.2, -0.15) is 0 Å². The molecule has 1 N–H and O–H groups in total. The first-order valence-corrected chi connectivity index (χ1v) is 2.80. The van der Waals surface area contributed by atoms with Crippen LogP contribution in [-0.4, -0.2) is 17.5 Å². The molecule has 0 radical (unpaired) electrons. The third-order valence-corrected chi connectivity index (χ3v) is 0.870. The summed E-state index contributed by atoms with van der Waals surface area (Å²) >= 11 is 0. The van der Waals surface area contributed by atoms with Gasteiger partial charge < -0.3 is 9.90 Å². The molecule has 0 spiro atoms. The molecule has 0 aromatic rings. The standard InChI is InChI=1S/C6H12O2/c1-5(2)3-6(8)4-7/h4-6,8H,3H2,1-2H3/t6-/m1/s1. The number of rotatable bonds is 3. The summed E-state index contributed by atoms with van der Waals surface area (Å²) in [6.45, 7) is 3.93. The van der Waals surface area contributed by atoms with Gasteiger partial charge in [-0.15, -0.1) is 0 Å². The van der Waals surface area contributed by atoms with Crippen LogP contribution in [0.4, 0.5) is 0 Å². The lowest BCUT2D eigenvalue weighted by Crippen LogP contribution is -2.10. The van der Waals surface area contributed by atoms with Gasteiger partial charge in [0.1, 0.15) is 12.4 Å². The van der Waals surface area contributed by atoms with E-state index in [-0.39, 0.29) is 0 Å². The third-order valence-electron chi connectivity index (χ3n) is 0.870. The minimum absolute atomic E-state index is 0.398. The summed E-state index contributed by atoms with van der Waals surface area (Å²) in [4.78, 5) is 9.79. The Morgan fingerprint density at radius 2 is 2.12 bits per heavy atom. The zero-order valence-electron chi connectivity index (χ0n) is 5.29. The van der Waals surface area contributed by atoms with Crippen LogP contribution in [0.2, 0.25) is 0 Å². The highest BCUT2D eigenvalue weighted by Crippen LogP contribution is 2.01. The van der Waals surface area contributed by atoms with Crippen molar-refractivity contribution >= 4 is 6.29 Å². The summed E-state index contributed by atoms with van der Waals surface area (Å²) in [7, 11) is 0. The van der Waals surface area contributed by atoms with Crippen molar-refractivity contribution in [3.8, 4) is 0 Å². The van der Waals surface area contributed by atoms with Crippen molar-refractivity contribution < 1.29 is 9.90 Å². The lowest BCUT2D eigenvalue weighted by atomic mass is 10.1. The van der Waals surface area contributed by atoms with Gasteiger partial charge in [0, 0.05) is 0 Å². The number of hydrogen-bond acceptors (Lipinski definition) is 2. The lowest BCUT2D eigenvalue weighted by molar-refractivity contribution is -0.115. The molecule has 1 atom stereocenters. The second-order valence-electron chi connectivity index (χ2n) is 2.33. The Morgan fingerprint density at radius 1 is 1.62 bits per heavy atom. The normalized spacial score (nSPS) is 14.0. The van der Waals surface area contributed by atoms with Crippen molar-refractivity contribution in [3.63, 3.8) is 0 Å². The summed E-state index contributed by atoms with van der Waals surface area (Å²) in [5, 5.41) is 8.66. The summed E-state index contributed by atoms with van der Waals surface area (Å²) in [5.74, 6) is 0.398. The SMILES string of the molecule is CC(C)C[C@@H](O)C=O. The number of hydrogen-bond donors (Lipinski definition) is 1. The number of aliphatic hydroxyl groups is 1. The summed E-state index contributed by atoms with van der Waals surface area (Å²) in [6, 6.07) is 0. The van der Waals surface area contributed by atoms with E-state index in [0.29, 0.717) is 18.6 Å². The topological polar surface area (TPSA) is 37.3 Å². The summed E-state index contributed by atoms with van der Waals surface area (Å²) < 4.78 is 0. The van der Waals surface area contributed by atoms with Gasteiger partial charge in [0.15, 0.2) is 0 Å². The van der Waals surface area contributed by atoms with Gasteiger partial charge in [0.05, 0.1) is 0 Å². The monoisotopic (exact) mass is 116 g/mol. The van der Waals surface area contributed by atoms with E-state index in [1.807, 2.05) is 13.8 Å². The van der Waals surface area contributed by atoms with Gasteiger partial charge >= 0.3 is 0 Å². The van der Waals surface area contributed by atoms with Crippen LogP contribution in [0.5, 0.6) is 0 Å². The van der Waals surface area contributed by atoms with Crippen molar-refractivity contribution in [2.75, 3.05) is 0 Å². The molecule has 0 saturated heterocycles. The Morgan fingerprint density at radius 3 is 2.25 bits per heavy atom. The first kappa shape index (κ1) is 7.63. The second kappa shape index (κ2) is 3.61. The maximum Gasteiger partial charge on any atom is 0.148 e. The zero-order chi connectivity index (χ0) is 6.57. The molecule has 0 amide bonds. The van der Waals surface area contributed by atoms with Crippen molar-refractivity contribution in [3.05, 3.63) is 0 Å². The molecule has 0 aliphatic heterocycles. The van der Waals surface area contributed by atoms with Gasteiger partial charge in [-0.1, -0.05) is 13.8 Å². The molecule has 48 valence electrons. The average molecular weight is 116 g/mol. The van der Waals surface area contributed by atoms with E-state index in [2.05, 4.69) is 0 Å². The van der Waals surface area contributed by atoms with E-state index < -0.39 is 6.10 Å². The predicted molar refractivity (Wildman–Crippen MR) is 31.5 cm³/mol. The minimum Gasteiger partial charge on any atom is -0.386 e. The molecule has 0 unspecified atom stereocenters. The average Bonchev–Trinajstić information content (AvgIpc) is 1.65. The Labute approximate surface area is 49.5 Å². The van der Waals surface area contributed by atoms with Crippen molar-refractivity contribution in [2.45, 2.75) is 26.4 Å². The van der Waals surface area contributed by atoms with Crippen LogP contribution in [0, 0.1) is 5.92 Å². The fraction of sp³-hybridized carbons (Fsp3) is 0.833. The highest BCUT2D eigenvalue weighted by Gasteiger charge is 2.02. The molecule has 2 nitrogen and oxygen atoms in total. The minimum atomic E-state index is -0.755. The van der Waals surface area contributed by atoms with Crippen LogP contribution in [-0.2, 0) is 4.79 Å². The molecule has 0 saturated carbocycles. The molecule has 0 aromatic carbocycles. The fourth-order valence-corrected chi connectivity index (χ4v) is 0.539. The molecular weight excluding hydrogens is 104 g/mol. The summed E-state index contributed by atoms with van der Waals surface area (Å²) in [5.41, 5.74) is 0. The Bertz CT molecular complexity index is 68.9. The third kappa shape index (κ3) is 3.81. The fourth-order valence-electron chi connectivity index (χ4n) is 0.539. The van der Waals surface area contributed by atoms with Gasteiger partial charge in [-0.05, 0) is 12.3 Å². The molecular formula is C6H12O2. The van der Waals surface area contributed by atoms with E-state index in [1.54, 1.807) is 0 Å². The van der Waals surface area contributed by atoms with Gasteiger partial charge in [0.25, 0.3) is 0 Å². The van der Waals surface area contributed by atoms with Crippen molar-refractivity contribution in [1.82, 2.24) is 0 Å². The molecule has 0 aromatic heterocycles. The van der Waals surface area contributed by atoms with Crippen LogP contribution in [0.3, 0.4) is 0 Å². The number of aliphatic hydroxyl groups excluding tert-OH is 1. The zero-order valence-corrected chi connectivity index (χ0v) is 5.29. The largest absolute Gasteiger partial charge is 0.386 e. The quantitative estimate of drug-likeness (QED) is 0.548. The molecule has 8 heavy (non-hydrogen) atoms. The smallest absolute Gasteiger partial charge is 0.148 e. The molecule has 0 aliphatic rings. The molecule has 0 rings (SSSR count). The Kier molecular flexibility index (Phi) is 3.44. The van der Waals surface area contributed by atoms with E-state index in [4.69, 9.17) is 5.11 Å². The molecule has 0 heterocycles. The Balaban J connectivity index is 3.23. The van der Waals surface area contributed by atoms with E-state index in [1.165, 1.54) is 0 Å². The van der Waals surface area contributed by atoms with Crippen LogP contribution < -0.4 is 0 Å². The van der Waals surface area contributed by atoms with Crippen LogP contribution in [0.1, 0.15) is 20.3 Å². The number of carbonyl (C=O) groups excluding carboxylic acids is 1. The van der Waals surface area contributed by atoms with Crippen molar-refractivity contribution in [1.29, 1.82) is 0 Å². The van der Waals surface area contributed by atoms with Crippen LogP contribution >= 0.6 is 0 Å². The van der Waals surface area contributed by atoms with E-state index in [0.717, 1.165) is 0 Å². The van der Waals surface area contributed by atoms with Crippen LogP contribution in [0.15, 0.2) is 0 Å². The number of carbonyl (C=O) groups is 1. The highest BCUT2D eigenvalue weighted by molar-refractivity contribution is 5.55. The van der Waals surface area contributed by atoms with Gasteiger partial charge in [-0.25, -0.2) is 0 Å². The molecule has 2 heteroatoms. The second-order valence-corrected chi connectivity index (χ2v) is 2.33. The van der Waals surface area contributed by atoms with Gasteiger partial charge in [0.2, 0.25) is 0 Å². The van der Waals surface area contributed by atoms with Crippen molar-refractivity contribution in [2.24, 2.45) is 5.92 Å². The maximum absolute atomic E-state index is 9.79. The molecule has 0 fully saturated rings.